The van der Waals surface area contributed by atoms with Crippen molar-refractivity contribution in [3.63, 3.8) is 0 Å². The van der Waals surface area contributed by atoms with Gasteiger partial charge in [-0.3, -0.25) is 0 Å². The zero-order chi connectivity index (χ0) is 9.10. The Kier molecular flexibility index (Phi) is 2.10. The summed E-state index contributed by atoms with van der Waals surface area (Å²) in [6, 6.07) is 5.89. The van der Waals surface area contributed by atoms with Crippen LogP contribution in [-0.4, -0.2) is 21.3 Å². The predicted octanol–water partition coefficient (Wildman–Crippen LogP) is 1.34. The van der Waals surface area contributed by atoms with Gasteiger partial charge in [0.25, 0.3) is 0 Å². The Morgan fingerprint density at radius 2 is 2.38 bits per heavy atom. The van der Waals surface area contributed by atoms with Crippen LogP contribution in [0, 0.1) is 0 Å². The van der Waals surface area contributed by atoms with Gasteiger partial charge in [0.2, 0.25) is 0 Å². The van der Waals surface area contributed by atoms with E-state index in [1.807, 2.05) is 30.5 Å². The molecular weight excluding hydrogens is 164 g/mol. The molecule has 0 radical (unpaired) electrons. The van der Waals surface area contributed by atoms with Gasteiger partial charge < -0.3 is 5.11 Å². The molecule has 0 aliphatic carbocycles. The van der Waals surface area contributed by atoms with Gasteiger partial charge in [-0.05, 0) is 12.1 Å². The van der Waals surface area contributed by atoms with Crippen molar-refractivity contribution in [2.75, 3.05) is 6.61 Å². The number of hydrogen-bond donors (Lipinski definition) is 1. The Hall–Kier alpha value is -1.61. The number of fused-ring (bicyclic) bond motifs is 1. The first-order valence-corrected chi connectivity index (χ1v) is 4.11. The minimum absolute atomic E-state index is 0.0597. The Labute approximate surface area is 75.9 Å². The molecule has 0 aromatic carbocycles. The van der Waals surface area contributed by atoms with Crippen molar-refractivity contribution in [3.8, 4) is 0 Å². The summed E-state index contributed by atoms with van der Waals surface area (Å²) in [5.41, 5.74) is 2.07. The Bertz CT molecular complexity index is 431. The van der Waals surface area contributed by atoms with E-state index >= 15 is 0 Å². The van der Waals surface area contributed by atoms with Crippen molar-refractivity contribution in [2.45, 2.75) is 0 Å². The smallest absolute Gasteiger partial charge is 0.0733 e. The zero-order valence-corrected chi connectivity index (χ0v) is 7.09. The van der Waals surface area contributed by atoms with Crippen LogP contribution in [0.3, 0.4) is 0 Å². The van der Waals surface area contributed by atoms with Crippen molar-refractivity contribution in [3.05, 3.63) is 42.2 Å². The molecule has 0 saturated carbocycles. The second-order valence-electron chi connectivity index (χ2n) is 2.72. The lowest BCUT2D eigenvalue weighted by atomic mass is 10.2. The summed E-state index contributed by atoms with van der Waals surface area (Å²) < 4.78 is 1.80. The first-order valence-electron chi connectivity index (χ1n) is 4.11. The molecule has 0 aliphatic heterocycles. The van der Waals surface area contributed by atoms with Crippen LogP contribution >= 0.6 is 0 Å². The van der Waals surface area contributed by atoms with Gasteiger partial charge in [0.1, 0.15) is 0 Å². The summed E-state index contributed by atoms with van der Waals surface area (Å²) in [6.45, 7) is 0.0597. The molecule has 2 rings (SSSR count). The average Bonchev–Trinajstić information content (AvgIpc) is 2.58. The Morgan fingerprint density at radius 3 is 3.23 bits per heavy atom. The second kappa shape index (κ2) is 3.41. The van der Waals surface area contributed by atoms with Gasteiger partial charge in [-0.15, -0.1) is 0 Å². The lowest BCUT2D eigenvalue weighted by Crippen LogP contribution is -1.82. The van der Waals surface area contributed by atoms with Crippen LogP contribution in [-0.2, 0) is 0 Å². The summed E-state index contributed by atoms with van der Waals surface area (Å²) >= 11 is 0. The van der Waals surface area contributed by atoms with Crippen molar-refractivity contribution < 1.29 is 5.11 Å². The largest absolute Gasteiger partial charge is 0.392 e. The highest BCUT2D eigenvalue weighted by Crippen LogP contribution is 2.10. The zero-order valence-electron chi connectivity index (χ0n) is 7.09. The molecule has 0 amide bonds. The summed E-state index contributed by atoms with van der Waals surface area (Å²) in [5.74, 6) is 0. The Balaban J connectivity index is 2.52. The molecule has 1 N–H and O–H groups in total. The maximum absolute atomic E-state index is 8.62. The van der Waals surface area contributed by atoms with E-state index in [4.69, 9.17) is 5.11 Å². The van der Waals surface area contributed by atoms with Gasteiger partial charge in [-0.2, -0.15) is 5.10 Å². The highest BCUT2D eigenvalue weighted by Gasteiger charge is 1.97. The lowest BCUT2D eigenvalue weighted by Gasteiger charge is -1.91. The summed E-state index contributed by atoms with van der Waals surface area (Å²) in [4.78, 5) is 0. The molecule has 2 aromatic rings. The van der Waals surface area contributed by atoms with Crippen LogP contribution in [0.5, 0.6) is 0 Å². The molecule has 3 heteroatoms. The molecule has 66 valence electrons. The molecule has 2 heterocycles. The molecule has 13 heavy (non-hydrogen) atoms. The summed E-state index contributed by atoms with van der Waals surface area (Å²) in [5, 5.41) is 12.8. The van der Waals surface area contributed by atoms with E-state index < -0.39 is 0 Å². The number of aliphatic hydroxyl groups is 1. The first-order chi connectivity index (χ1) is 6.42. The fourth-order valence-electron chi connectivity index (χ4n) is 1.26. The number of aromatic nitrogens is 2. The van der Waals surface area contributed by atoms with Crippen LogP contribution in [0.1, 0.15) is 5.56 Å². The normalized spacial score (nSPS) is 11.5. The number of aliphatic hydroxyl groups excluding tert-OH is 1. The maximum atomic E-state index is 8.62. The lowest BCUT2D eigenvalue weighted by molar-refractivity contribution is 0.343. The van der Waals surface area contributed by atoms with Crippen molar-refractivity contribution in [1.82, 2.24) is 9.61 Å². The minimum atomic E-state index is 0.0597. The van der Waals surface area contributed by atoms with E-state index in [1.54, 1.807) is 16.8 Å². The fraction of sp³-hybridized carbons (Fsp3) is 0.100. The van der Waals surface area contributed by atoms with Crippen molar-refractivity contribution in [1.29, 1.82) is 0 Å². The van der Waals surface area contributed by atoms with Crippen LogP contribution in [0.2, 0.25) is 0 Å². The van der Waals surface area contributed by atoms with Crippen LogP contribution in [0.4, 0.5) is 0 Å². The molecule has 0 aliphatic rings. The van der Waals surface area contributed by atoms with Gasteiger partial charge >= 0.3 is 0 Å². The van der Waals surface area contributed by atoms with Gasteiger partial charge in [0.05, 0.1) is 18.3 Å². The van der Waals surface area contributed by atoms with E-state index in [-0.39, 0.29) is 6.61 Å². The fourth-order valence-corrected chi connectivity index (χ4v) is 1.26. The monoisotopic (exact) mass is 174 g/mol. The summed E-state index contributed by atoms with van der Waals surface area (Å²) in [6.07, 6.45) is 7.24. The molecular formula is C10H10N2O. The molecule has 0 saturated heterocycles. The molecule has 0 fully saturated rings. The molecule has 0 atom stereocenters. The third-order valence-corrected chi connectivity index (χ3v) is 1.86. The number of hydrogen-bond acceptors (Lipinski definition) is 2. The third kappa shape index (κ3) is 1.46. The number of pyridine rings is 1. The van der Waals surface area contributed by atoms with E-state index in [0.717, 1.165) is 11.1 Å². The van der Waals surface area contributed by atoms with E-state index in [2.05, 4.69) is 5.10 Å². The van der Waals surface area contributed by atoms with Crippen molar-refractivity contribution in [2.24, 2.45) is 0 Å². The van der Waals surface area contributed by atoms with Crippen LogP contribution in [0.25, 0.3) is 11.6 Å². The first kappa shape index (κ1) is 8.01. The van der Waals surface area contributed by atoms with E-state index in [9.17, 15) is 0 Å². The van der Waals surface area contributed by atoms with E-state index in [1.165, 1.54) is 0 Å². The third-order valence-electron chi connectivity index (χ3n) is 1.86. The topological polar surface area (TPSA) is 37.5 Å². The molecule has 2 aromatic heterocycles. The molecule has 0 unspecified atom stereocenters. The number of nitrogens with zero attached hydrogens (tertiary/aromatic N) is 2. The number of rotatable bonds is 2. The second-order valence-corrected chi connectivity index (χ2v) is 2.72. The van der Waals surface area contributed by atoms with Gasteiger partial charge in [0.15, 0.2) is 0 Å². The van der Waals surface area contributed by atoms with Gasteiger partial charge in [-0.1, -0.05) is 18.2 Å². The predicted molar refractivity (Wildman–Crippen MR) is 51.3 cm³/mol. The quantitative estimate of drug-likeness (QED) is 0.746. The Morgan fingerprint density at radius 1 is 1.46 bits per heavy atom. The van der Waals surface area contributed by atoms with Crippen molar-refractivity contribution >= 4 is 11.6 Å². The average molecular weight is 174 g/mol. The van der Waals surface area contributed by atoms with Gasteiger partial charge in [0, 0.05) is 11.8 Å². The maximum Gasteiger partial charge on any atom is 0.0733 e. The van der Waals surface area contributed by atoms with Crippen LogP contribution in [0.15, 0.2) is 36.7 Å². The molecule has 0 spiro atoms. The highest BCUT2D eigenvalue weighted by molar-refractivity contribution is 5.68. The molecule has 3 nitrogen and oxygen atoms in total. The summed E-state index contributed by atoms with van der Waals surface area (Å²) in [7, 11) is 0. The standard InChI is InChI=1S/C10H10N2O/c13-7-3-4-9-8-11-12-6-2-1-5-10(9)12/h1-6,8,13H,7H2/b4-3+. The highest BCUT2D eigenvalue weighted by atomic mass is 16.2. The van der Waals surface area contributed by atoms with E-state index in [0.29, 0.717) is 0 Å². The van der Waals surface area contributed by atoms with Crippen LogP contribution < -0.4 is 0 Å². The SMILES string of the molecule is OC/C=C/c1cnn2ccccc12. The minimum Gasteiger partial charge on any atom is -0.392 e. The van der Waals surface area contributed by atoms with Gasteiger partial charge in [-0.25, -0.2) is 4.52 Å². The molecule has 0 bridgehead atoms.